The summed E-state index contributed by atoms with van der Waals surface area (Å²) in [7, 11) is 0. The van der Waals surface area contributed by atoms with Crippen molar-refractivity contribution in [2.45, 2.75) is 32.0 Å². The maximum Gasteiger partial charge on any atom is 1.00 e. The molecule has 1 saturated heterocycles. The third-order valence-corrected chi connectivity index (χ3v) is 2.70. The SMILES string of the molecule is CC(C)OC1(CS(=O)[O-])CCOC1.[Na+]. The van der Waals surface area contributed by atoms with Crippen LogP contribution in [0.3, 0.4) is 0 Å². The van der Waals surface area contributed by atoms with Crippen molar-refractivity contribution in [2.75, 3.05) is 19.0 Å². The molecule has 14 heavy (non-hydrogen) atoms. The normalized spacial score (nSPS) is 28.9. The van der Waals surface area contributed by atoms with Gasteiger partial charge in [0, 0.05) is 18.8 Å². The second-order valence-corrected chi connectivity index (χ2v) is 4.50. The van der Waals surface area contributed by atoms with Crippen molar-refractivity contribution in [1.82, 2.24) is 0 Å². The molecule has 1 aliphatic heterocycles. The van der Waals surface area contributed by atoms with Gasteiger partial charge in [0.15, 0.2) is 0 Å². The first-order valence-electron chi connectivity index (χ1n) is 4.35. The Kier molecular flexibility index (Phi) is 7.06. The molecule has 1 fully saturated rings. The molecule has 6 heteroatoms. The Bertz CT molecular complexity index is 192. The van der Waals surface area contributed by atoms with E-state index in [0.717, 1.165) is 0 Å². The molecule has 1 aliphatic rings. The van der Waals surface area contributed by atoms with E-state index in [1.165, 1.54) is 0 Å². The molecule has 0 aromatic heterocycles. The van der Waals surface area contributed by atoms with Crippen molar-refractivity contribution in [3.63, 3.8) is 0 Å². The largest absolute Gasteiger partial charge is 1.00 e. The quantitative estimate of drug-likeness (QED) is 0.394. The average molecular weight is 230 g/mol. The van der Waals surface area contributed by atoms with Crippen LogP contribution in [0.1, 0.15) is 20.3 Å². The summed E-state index contributed by atoms with van der Waals surface area (Å²) in [6, 6.07) is 0. The van der Waals surface area contributed by atoms with Crippen molar-refractivity contribution in [3.05, 3.63) is 0 Å². The predicted octanol–water partition coefficient (Wildman–Crippen LogP) is -2.55. The van der Waals surface area contributed by atoms with Crippen LogP contribution in [0.4, 0.5) is 0 Å². The van der Waals surface area contributed by atoms with Gasteiger partial charge in [0.2, 0.25) is 0 Å². The van der Waals surface area contributed by atoms with Gasteiger partial charge in [-0.2, -0.15) is 0 Å². The average Bonchev–Trinajstić information content (AvgIpc) is 2.33. The summed E-state index contributed by atoms with van der Waals surface area (Å²) < 4.78 is 32.0. The minimum atomic E-state index is -2.07. The Morgan fingerprint density at radius 1 is 1.64 bits per heavy atom. The molecule has 2 atom stereocenters. The first-order chi connectivity index (χ1) is 6.04. The molecule has 0 amide bonds. The molecule has 0 bridgehead atoms. The van der Waals surface area contributed by atoms with E-state index in [0.29, 0.717) is 19.6 Å². The van der Waals surface area contributed by atoms with E-state index in [1.807, 2.05) is 13.8 Å². The van der Waals surface area contributed by atoms with Crippen molar-refractivity contribution < 1.29 is 47.8 Å². The molecule has 1 heterocycles. The fourth-order valence-electron chi connectivity index (χ4n) is 1.54. The summed E-state index contributed by atoms with van der Waals surface area (Å²) in [5.41, 5.74) is -0.596. The standard InChI is InChI=1S/C8H16O4S.Na/c1-7(2)12-8(6-13(9)10)3-4-11-5-8;/h7H,3-6H2,1-2H3,(H,9,10);/q;+1/p-1. The van der Waals surface area contributed by atoms with Crippen LogP contribution in [-0.2, 0) is 20.6 Å². The minimum absolute atomic E-state index is 0. The maximum absolute atomic E-state index is 10.6. The molecule has 78 valence electrons. The van der Waals surface area contributed by atoms with Crippen LogP contribution in [0.5, 0.6) is 0 Å². The third-order valence-electron chi connectivity index (χ3n) is 1.93. The van der Waals surface area contributed by atoms with E-state index < -0.39 is 16.7 Å². The zero-order valence-corrected chi connectivity index (χ0v) is 11.8. The number of hydrogen-bond donors (Lipinski definition) is 0. The van der Waals surface area contributed by atoms with Gasteiger partial charge >= 0.3 is 29.6 Å². The number of hydrogen-bond acceptors (Lipinski definition) is 4. The van der Waals surface area contributed by atoms with E-state index in [9.17, 15) is 8.76 Å². The van der Waals surface area contributed by atoms with Gasteiger partial charge in [-0.15, -0.1) is 0 Å². The van der Waals surface area contributed by atoms with Crippen LogP contribution in [0.2, 0.25) is 0 Å². The van der Waals surface area contributed by atoms with Crippen LogP contribution in [0.25, 0.3) is 0 Å². The van der Waals surface area contributed by atoms with Gasteiger partial charge in [0.25, 0.3) is 0 Å². The second kappa shape index (κ2) is 6.58. The van der Waals surface area contributed by atoms with E-state index >= 15 is 0 Å². The van der Waals surface area contributed by atoms with Crippen LogP contribution >= 0.6 is 0 Å². The molecule has 0 N–H and O–H groups in total. The molecule has 0 aromatic carbocycles. The fourth-order valence-corrected chi connectivity index (χ4v) is 2.27. The molecule has 0 saturated carbocycles. The molecule has 0 spiro atoms. The molecule has 0 aliphatic carbocycles. The summed E-state index contributed by atoms with van der Waals surface area (Å²) in [4.78, 5) is 0. The van der Waals surface area contributed by atoms with Crippen molar-refractivity contribution in [2.24, 2.45) is 0 Å². The van der Waals surface area contributed by atoms with Crippen LogP contribution in [0, 0.1) is 0 Å². The van der Waals surface area contributed by atoms with Gasteiger partial charge in [-0.3, -0.25) is 4.21 Å². The minimum Gasteiger partial charge on any atom is -0.772 e. The summed E-state index contributed by atoms with van der Waals surface area (Å²) in [5, 5.41) is 0. The molecular formula is C8H15NaO4S. The van der Waals surface area contributed by atoms with E-state index in [1.54, 1.807) is 0 Å². The molecular weight excluding hydrogens is 215 g/mol. The number of ether oxygens (including phenoxy) is 2. The van der Waals surface area contributed by atoms with Crippen molar-refractivity contribution in [3.8, 4) is 0 Å². The summed E-state index contributed by atoms with van der Waals surface area (Å²) >= 11 is -2.07. The number of rotatable bonds is 4. The van der Waals surface area contributed by atoms with Gasteiger partial charge in [-0.05, 0) is 13.8 Å². The Hall–Kier alpha value is 1.03. The maximum atomic E-state index is 10.6. The zero-order chi connectivity index (χ0) is 9.90. The molecule has 1 rings (SSSR count). The van der Waals surface area contributed by atoms with E-state index in [-0.39, 0.29) is 41.4 Å². The van der Waals surface area contributed by atoms with E-state index in [2.05, 4.69) is 0 Å². The second-order valence-electron chi connectivity index (χ2n) is 3.60. The van der Waals surface area contributed by atoms with Crippen molar-refractivity contribution >= 4 is 11.1 Å². The fraction of sp³-hybridized carbons (Fsp3) is 1.00. The van der Waals surface area contributed by atoms with Crippen molar-refractivity contribution in [1.29, 1.82) is 0 Å². The monoisotopic (exact) mass is 230 g/mol. The zero-order valence-electron chi connectivity index (χ0n) is 8.95. The van der Waals surface area contributed by atoms with Crippen LogP contribution < -0.4 is 29.6 Å². The van der Waals surface area contributed by atoms with E-state index in [4.69, 9.17) is 9.47 Å². The van der Waals surface area contributed by atoms with Gasteiger partial charge < -0.3 is 14.0 Å². The Morgan fingerprint density at radius 2 is 2.29 bits per heavy atom. The summed E-state index contributed by atoms with van der Waals surface area (Å²) in [6.07, 6.45) is 0.698. The van der Waals surface area contributed by atoms with Gasteiger partial charge in [-0.1, -0.05) is 11.1 Å². The molecule has 0 radical (unpaired) electrons. The van der Waals surface area contributed by atoms with Gasteiger partial charge in [0.05, 0.1) is 12.7 Å². The predicted molar refractivity (Wildman–Crippen MR) is 48.2 cm³/mol. The smallest absolute Gasteiger partial charge is 0.772 e. The molecule has 2 unspecified atom stereocenters. The summed E-state index contributed by atoms with van der Waals surface area (Å²) in [6.45, 7) is 4.77. The first kappa shape index (κ1) is 15.0. The topological polar surface area (TPSA) is 58.6 Å². The Labute approximate surface area is 109 Å². The van der Waals surface area contributed by atoms with Gasteiger partial charge in [0.1, 0.15) is 5.60 Å². The first-order valence-corrected chi connectivity index (χ1v) is 5.60. The third kappa shape index (κ3) is 4.70. The Morgan fingerprint density at radius 3 is 2.64 bits per heavy atom. The molecule has 0 aromatic rings. The van der Waals surface area contributed by atoms with Gasteiger partial charge in [-0.25, -0.2) is 0 Å². The van der Waals surface area contributed by atoms with Crippen LogP contribution in [-0.4, -0.2) is 39.4 Å². The molecule has 4 nitrogen and oxygen atoms in total. The van der Waals surface area contributed by atoms with Crippen LogP contribution in [0.15, 0.2) is 0 Å². The summed E-state index contributed by atoms with van der Waals surface area (Å²) in [5.74, 6) is 0.0329. The Balaban J connectivity index is 0.00000169.